The van der Waals surface area contributed by atoms with Crippen molar-refractivity contribution in [2.24, 2.45) is 0 Å². The molecule has 0 spiro atoms. The predicted octanol–water partition coefficient (Wildman–Crippen LogP) is -5.83. The van der Waals surface area contributed by atoms with Crippen LogP contribution in [-0.4, -0.2) is 120 Å². The van der Waals surface area contributed by atoms with Crippen molar-refractivity contribution in [3.63, 3.8) is 0 Å². The number of hydrogen-bond acceptors (Lipinski definition) is 11. The third kappa shape index (κ3) is 6.01. The molecule has 0 aromatic carbocycles. The average Bonchev–Trinajstić information content (AvgIpc) is 2.86. The lowest BCUT2D eigenvalue weighted by molar-refractivity contribution is -0.163. The highest BCUT2D eigenvalue weighted by Gasteiger charge is 2.41. The van der Waals surface area contributed by atoms with Crippen LogP contribution in [0.15, 0.2) is 0 Å². The number of aliphatic hydroxyl groups is 8. The highest BCUT2D eigenvalue weighted by atomic mass is 16.6. The van der Waals surface area contributed by atoms with Crippen LogP contribution < -0.4 is 0 Å². The van der Waals surface area contributed by atoms with Crippen molar-refractivity contribution < 1.29 is 60.3 Å². The lowest BCUT2D eigenvalue weighted by Gasteiger charge is -2.21. The summed E-state index contributed by atoms with van der Waals surface area (Å²) in [5, 5.41) is 78.6. The van der Waals surface area contributed by atoms with Gasteiger partial charge < -0.3 is 55.5 Å². The molecule has 12 heteroatoms. The maximum absolute atomic E-state index is 10.1. The summed E-state index contributed by atoms with van der Waals surface area (Å²) < 4.78 is 4.88. The number of carboxylic acid groups (broad SMARTS) is 1. The summed E-state index contributed by atoms with van der Waals surface area (Å²) >= 11 is 0. The fourth-order valence-electron chi connectivity index (χ4n) is 1.74. The second-order valence-corrected chi connectivity index (χ2v) is 4.95. The van der Waals surface area contributed by atoms with Gasteiger partial charge in [-0.05, 0) is 0 Å². The Hall–Kier alpha value is -1.22. The highest BCUT2D eigenvalue weighted by molar-refractivity contribution is 5.73. The van der Waals surface area contributed by atoms with Gasteiger partial charge in [0.2, 0.25) is 0 Å². The van der Waals surface area contributed by atoms with Crippen LogP contribution in [0.2, 0.25) is 0 Å². The first-order valence-corrected chi connectivity index (χ1v) is 6.75. The zero-order valence-electron chi connectivity index (χ0n) is 12.4. The Morgan fingerprint density at radius 1 is 0.958 bits per heavy atom. The summed E-state index contributed by atoms with van der Waals surface area (Å²) in [6.45, 7) is -0.705. The summed E-state index contributed by atoms with van der Waals surface area (Å²) in [6.07, 6.45) is -12.1. The Morgan fingerprint density at radius 2 is 1.38 bits per heavy atom. The molecular formula is C12H22O12. The minimum Gasteiger partial charge on any atom is -0.479 e. The Morgan fingerprint density at radius 3 is 1.62 bits per heavy atom. The minimum atomic E-state index is -2.25. The molecule has 8 atom stereocenters. The second-order valence-electron chi connectivity index (χ2n) is 4.95. The summed E-state index contributed by atoms with van der Waals surface area (Å²) in [4.78, 5) is 20.0. The molecule has 0 radical (unpaired) electrons. The quantitative estimate of drug-likeness (QED) is 0.194. The molecule has 0 bridgehead atoms. The van der Waals surface area contributed by atoms with Gasteiger partial charge in [0, 0.05) is 0 Å². The molecule has 142 valence electrons. The molecule has 12 nitrogen and oxygen atoms in total. The molecule has 1 fully saturated rings. The van der Waals surface area contributed by atoms with Gasteiger partial charge in [-0.1, -0.05) is 0 Å². The lowest BCUT2D eigenvalue weighted by atomic mass is 10.0. The zero-order valence-corrected chi connectivity index (χ0v) is 12.4. The number of aliphatic hydroxyl groups excluding tert-OH is 8. The van der Waals surface area contributed by atoms with Gasteiger partial charge in [-0.2, -0.15) is 0 Å². The fraction of sp³-hybridized carbons (Fsp3) is 0.833. The molecule has 0 unspecified atom stereocenters. The molecule has 9 N–H and O–H groups in total. The number of aldehydes is 1. The number of aliphatic carboxylic acids is 1. The molecule has 0 aromatic heterocycles. The van der Waals surface area contributed by atoms with Crippen LogP contribution in [0.4, 0.5) is 0 Å². The standard InChI is InChI=1S/C6H10O7.C6H12O5/c7-1-2(8)3(9)4(10)5(11)6(12)13;7-1-3-5(9)6(10)4(2-8)11-3/h1-5,8-11H,(H,12,13);3-10H,1-2H2/t2-,3+,4-,5+;3-,4-,5-,6-/m01/s1. The van der Waals surface area contributed by atoms with E-state index >= 15 is 0 Å². The van der Waals surface area contributed by atoms with E-state index in [2.05, 4.69) is 0 Å². The molecule has 1 aliphatic heterocycles. The molecule has 0 aliphatic carbocycles. The highest BCUT2D eigenvalue weighted by Crippen LogP contribution is 2.20. The molecule has 0 saturated carbocycles. The van der Waals surface area contributed by atoms with Crippen LogP contribution in [0.3, 0.4) is 0 Å². The van der Waals surface area contributed by atoms with E-state index in [0.717, 1.165) is 0 Å². The molecule has 1 heterocycles. The monoisotopic (exact) mass is 358 g/mol. The number of hydrogen-bond donors (Lipinski definition) is 9. The Balaban J connectivity index is 0.000000446. The molecule has 24 heavy (non-hydrogen) atoms. The first kappa shape index (κ1) is 22.8. The summed E-state index contributed by atoms with van der Waals surface area (Å²) in [5.74, 6) is -1.76. The van der Waals surface area contributed by atoms with Crippen molar-refractivity contribution >= 4 is 12.3 Å². The molecule has 0 aromatic rings. The van der Waals surface area contributed by atoms with E-state index in [0.29, 0.717) is 0 Å². The zero-order chi connectivity index (χ0) is 19.0. The number of rotatable bonds is 7. The third-order valence-electron chi connectivity index (χ3n) is 3.24. The van der Waals surface area contributed by atoms with Gasteiger partial charge in [0.15, 0.2) is 12.4 Å². The van der Waals surface area contributed by atoms with Crippen LogP contribution in [0.1, 0.15) is 0 Å². The van der Waals surface area contributed by atoms with Gasteiger partial charge in [-0.25, -0.2) is 4.79 Å². The number of carbonyl (C=O) groups excluding carboxylic acids is 1. The van der Waals surface area contributed by atoms with Crippen LogP contribution in [0.5, 0.6) is 0 Å². The van der Waals surface area contributed by atoms with E-state index in [1.807, 2.05) is 0 Å². The largest absolute Gasteiger partial charge is 0.479 e. The first-order valence-electron chi connectivity index (χ1n) is 6.75. The van der Waals surface area contributed by atoms with Crippen molar-refractivity contribution in [3.05, 3.63) is 0 Å². The van der Waals surface area contributed by atoms with Crippen LogP contribution in [-0.2, 0) is 14.3 Å². The first-order chi connectivity index (χ1) is 11.1. The van der Waals surface area contributed by atoms with Gasteiger partial charge in [-0.3, -0.25) is 0 Å². The minimum absolute atomic E-state index is 0.0809. The second kappa shape index (κ2) is 10.6. The van der Waals surface area contributed by atoms with E-state index < -0.39 is 54.8 Å². The van der Waals surface area contributed by atoms with Crippen molar-refractivity contribution in [3.8, 4) is 0 Å². The molecule has 1 aliphatic rings. The van der Waals surface area contributed by atoms with E-state index in [1.165, 1.54) is 0 Å². The maximum atomic E-state index is 10.1. The van der Waals surface area contributed by atoms with Crippen molar-refractivity contribution in [1.82, 2.24) is 0 Å². The summed E-state index contributed by atoms with van der Waals surface area (Å²) in [5.41, 5.74) is 0. The predicted molar refractivity (Wildman–Crippen MR) is 72.6 cm³/mol. The smallest absolute Gasteiger partial charge is 0.335 e. The van der Waals surface area contributed by atoms with Crippen molar-refractivity contribution in [1.29, 1.82) is 0 Å². The topological polar surface area (TPSA) is 225 Å². The molecule has 1 rings (SSSR count). The van der Waals surface area contributed by atoms with E-state index in [4.69, 9.17) is 50.7 Å². The Bertz CT molecular complexity index is 372. The van der Waals surface area contributed by atoms with Gasteiger partial charge in [0.1, 0.15) is 42.7 Å². The van der Waals surface area contributed by atoms with E-state index in [-0.39, 0.29) is 19.5 Å². The average molecular weight is 358 g/mol. The van der Waals surface area contributed by atoms with Gasteiger partial charge in [0.25, 0.3) is 0 Å². The van der Waals surface area contributed by atoms with Gasteiger partial charge in [0.05, 0.1) is 13.2 Å². The molecule has 0 amide bonds. The van der Waals surface area contributed by atoms with Crippen molar-refractivity contribution in [2.45, 2.75) is 48.8 Å². The van der Waals surface area contributed by atoms with Gasteiger partial charge in [-0.15, -0.1) is 0 Å². The Kier molecular flexibility index (Phi) is 10.1. The van der Waals surface area contributed by atoms with E-state index in [1.54, 1.807) is 0 Å². The van der Waals surface area contributed by atoms with Gasteiger partial charge >= 0.3 is 5.97 Å². The summed E-state index contributed by atoms with van der Waals surface area (Å²) in [7, 11) is 0. The molecule has 1 saturated heterocycles. The summed E-state index contributed by atoms with van der Waals surface area (Å²) in [6, 6.07) is 0. The molecular weight excluding hydrogens is 336 g/mol. The normalized spacial score (nSPS) is 31.3. The van der Waals surface area contributed by atoms with Crippen LogP contribution in [0, 0.1) is 0 Å². The maximum Gasteiger partial charge on any atom is 0.335 e. The number of ether oxygens (including phenoxy) is 1. The Labute approximate surface area is 135 Å². The number of carbonyl (C=O) groups is 2. The lowest BCUT2D eigenvalue weighted by Crippen LogP contribution is -2.48. The van der Waals surface area contributed by atoms with E-state index in [9.17, 15) is 9.59 Å². The third-order valence-corrected chi connectivity index (χ3v) is 3.24. The fourth-order valence-corrected chi connectivity index (χ4v) is 1.74. The van der Waals surface area contributed by atoms with Crippen LogP contribution in [0.25, 0.3) is 0 Å². The number of carboxylic acids is 1. The van der Waals surface area contributed by atoms with Crippen LogP contribution >= 0.6 is 0 Å². The SMILES string of the molecule is O=C[C@H](O)[C@@H](O)[C@H](O)[C@@H](O)C(=O)O.OC[C@H]1O[C@H](CO)[C@@H](O)[C@@H]1O. The van der Waals surface area contributed by atoms with Crippen molar-refractivity contribution in [2.75, 3.05) is 13.2 Å².